The van der Waals surface area contributed by atoms with Crippen LogP contribution in [0.1, 0.15) is 52.9 Å². The van der Waals surface area contributed by atoms with Gasteiger partial charge in [-0.25, -0.2) is 0 Å². The summed E-state index contributed by atoms with van der Waals surface area (Å²) in [7, 11) is 0. The Morgan fingerprint density at radius 1 is 1.17 bits per heavy atom. The van der Waals surface area contributed by atoms with E-state index in [0.29, 0.717) is 24.6 Å². The Labute approximate surface area is 150 Å². The van der Waals surface area contributed by atoms with E-state index in [2.05, 4.69) is 31.0 Å². The fourth-order valence-corrected chi connectivity index (χ4v) is 4.46. The van der Waals surface area contributed by atoms with Gasteiger partial charge in [0.15, 0.2) is 0 Å². The first-order chi connectivity index (χ1) is 11.4. The fourth-order valence-electron chi connectivity index (χ4n) is 3.28. The van der Waals surface area contributed by atoms with Crippen LogP contribution in [-0.2, 0) is 9.59 Å². The number of carbonyl (C=O) groups is 2. The molecule has 24 heavy (non-hydrogen) atoms. The summed E-state index contributed by atoms with van der Waals surface area (Å²) in [6.07, 6.45) is 5.44. The highest BCUT2D eigenvalue weighted by Gasteiger charge is 2.35. The number of piperidine rings is 1. The zero-order chi connectivity index (χ0) is 17.6. The monoisotopic (exact) mass is 355 g/mol. The van der Waals surface area contributed by atoms with E-state index in [0.717, 1.165) is 13.0 Å². The molecule has 0 radical (unpaired) electrons. The normalized spacial score (nSPS) is 22.6. The molecule has 1 unspecified atom stereocenters. The van der Waals surface area contributed by atoms with Crippen LogP contribution < -0.4 is 5.32 Å². The van der Waals surface area contributed by atoms with E-state index >= 15 is 0 Å². The summed E-state index contributed by atoms with van der Waals surface area (Å²) in [4.78, 5) is 29.1. The number of likely N-dealkylation sites (tertiary alicyclic amines) is 1. The lowest BCUT2D eigenvalue weighted by Crippen LogP contribution is -2.48. The summed E-state index contributed by atoms with van der Waals surface area (Å²) in [5.74, 6) is 1.47. The summed E-state index contributed by atoms with van der Waals surface area (Å²) < 4.78 is 0. The Bertz CT molecular complexity index is 430. The average molecular weight is 356 g/mol. The highest BCUT2D eigenvalue weighted by Crippen LogP contribution is 2.26. The minimum Gasteiger partial charge on any atom is -0.354 e. The van der Waals surface area contributed by atoms with Gasteiger partial charge in [0.2, 0.25) is 11.8 Å². The van der Waals surface area contributed by atoms with Gasteiger partial charge in [0.05, 0.1) is 5.88 Å². The summed E-state index contributed by atoms with van der Waals surface area (Å²) in [6.45, 7) is 10.3. The zero-order valence-corrected chi connectivity index (χ0v) is 16.3. The summed E-state index contributed by atoms with van der Waals surface area (Å²) in [5.41, 5.74) is -0.0419. The molecule has 1 atom stereocenters. The molecule has 1 N–H and O–H groups in total. The molecule has 2 heterocycles. The minimum atomic E-state index is -0.292. The van der Waals surface area contributed by atoms with Crippen LogP contribution in [0.3, 0.4) is 0 Å². The molecule has 6 heteroatoms. The van der Waals surface area contributed by atoms with Gasteiger partial charge in [-0.1, -0.05) is 27.2 Å². The molecule has 2 rings (SSSR count). The van der Waals surface area contributed by atoms with E-state index in [-0.39, 0.29) is 23.3 Å². The van der Waals surface area contributed by atoms with Crippen LogP contribution in [-0.4, -0.2) is 65.5 Å². The first kappa shape index (κ1) is 19.6. The third kappa shape index (κ3) is 6.28. The number of hydrogen-bond donors (Lipinski definition) is 1. The molecule has 138 valence electrons. The number of carbonyl (C=O) groups excluding carboxylic acids is 2. The molecule has 2 fully saturated rings. The topological polar surface area (TPSA) is 52.7 Å². The maximum Gasteiger partial charge on any atom is 0.243 e. The van der Waals surface area contributed by atoms with E-state index in [1.165, 1.54) is 32.4 Å². The molecular formula is C18H33N3O2S. The zero-order valence-electron chi connectivity index (χ0n) is 15.5. The fraction of sp³-hybridized carbons (Fsp3) is 0.889. The second-order valence-electron chi connectivity index (χ2n) is 8.16. The van der Waals surface area contributed by atoms with Gasteiger partial charge in [-0.2, -0.15) is 0 Å². The number of thioether (sulfide) groups is 1. The molecule has 0 saturated carbocycles. The lowest BCUT2D eigenvalue weighted by Gasteiger charge is -2.27. The third-order valence-electron chi connectivity index (χ3n) is 4.59. The van der Waals surface area contributed by atoms with Crippen LogP contribution >= 0.6 is 11.8 Å². The first-order valence-corrected chi connectivity index (χ1v) is 10.4. The Balaban J connectivity index is 1.71. The molecule has 2 amide bonds. The van der Waals surface area contributed by atoms with Crippen molar-refractivity contribution in [1.29, 1.82) is 0 Å². The van der Waals surface area contributed by atoms with E-state index in [1.54, 1.807) is 16.7 Å². The number of hydrogen-bond acceptors (Lipinski definition) is 4. The maximum atomic E-state index is 12.4. The number of rotatable bonds is 6. The van der Waals surface area contributed by atoms with Crippen LogP contribution in [0.5, 0.6) is 0 Å². The Kier molecular flexibility index (Phi) is 7.41. The third-order valence-corrected chi connectivity index (χ3v) is 5.60. The van der Waals surface area contributed by atoms with Crippen LogP contribution in [0.2, 0.25) is 0 Å². The highest BCUT2D eigenvalue weighted by atomic mass is 32.2. The number of amides is 2. The molecule has 0 bridgehead atoms. The minimum absolute atomic E-state index is 0.0147. The average Bonchev–Trinajstić information content (AvgIpc) is 3.00. The lowest BCUT2D eigenvalue weighted by atomic mass is 9.91. The number of nitrogens with zero attached hydrogens (tertiary/aromatic N) is 2. The van der Waals surface area contributed by atoms with Crippen LogP contribution in [0, 0.1) is 5.41 Å². The molecule has 2 aliphatic rings. The highest BCUT2D eigenvalue weighted by molar-refractivity contribution is 7.99. The molecule has 0 aromatic heterocycles. The van der Waals surface area contributed by atoms with Gasteiger partial charge >= 0.3 is 0 Å². The van der Waals surface area contributed by atoms with Crippen molar-refractivity contribution in [2.24, 2.45) is 5.41 Å². The molecular weight excluding hydrogens is 322 g/mol. The summed E-state index contributed by atoms with van der Waals surface area (Å²) in [5, 5.41) is 3.04. The second kappa shape index (κ2) is 9.09. The van der Waals surface area contributed by atoms with Gasteiger partial charge in [-0.15, -0.1) is 11.8 Å². The van der Waals surface area contributed by atoms with Crippen molar-refractivity contribution in [2.75, 3.05) is 37.8 Å². The van der Waals surface area contributed by atoms with Gasteiger partial charge in [0.1, 0.15) is 6.04 Å². The molecule has 0 aromatic carbocycles. The van der Waals surface area contributed by atoms with Crippen molar-refractivity contribution in [3.8, 4) is 0 Å². The predicted molar refractivity (Wildman–Crippen MR) is 99.9 cm³/mol. The van der Waals surface area contributed by atoms with Gasteiger partial charge in [0.25, 0.3) is 0 Å². The van der Waals surface area contributed by atoms with Gasteiger partial charge < -0.3 is 15.1 Å². The van der Waals surface area contributed by atoms with Crippen molar-refractivity contribution in [1.82, 2.24) is 15.1 Å². The summed E-state index contributed by atoms with van der Waals surface area (Å²) in [6, 6.07) is -0.292. The van der Waals surface area contributed by atoms with E-state index in [9.17, 15) is 9.59 Å². The van der Waals surface area contributed by atoms with Crippen molar-refractivity contribution in [2.45, 2.75) is 58.9 Å². The Morgan fingerprint density at radius 2 is 1.88 bits per heavy atom. The van der Waals surface area contributed by atoms with Crippen LogP contribution in [0.25, 0.3) is 0 Å². The van der Waals surface area contributed by atoms with Crippen molar-refractivity contribution in [3.05, 3.63) is 0 Å². The van der Waals surface area contributed by atoms with Gasteiger partial charge in [-0.3, -0.25) is 9.59 Å². The Morgan fingerprint density at radius 3 is 2.54 bits per heavy atom. The smallest absolute Gasteiger partial charge is 0.243 e. The molecule has 5 nitrogen and oxygen atoms in total. The van der Waals surface area contributed by atoms with Crippen LogP contribution in [0.15, 0.2) is 0 Å². The van der Waals surface area contributed by atoms with E-state index < -0.39 is 0 Å². The predicted octanol–water partition coefficient (Wildman–Crippen LogP) is 2.32. The van der Waals surface area contributed by atoms with E-state index in [1.807, 2.05) is 0 Å². The van der Waals surface area contributed by atoms with Gasteiger partial charge in [0, 0.05) is 18.7 Å². The van der Waals surface area contributed by atoms with Gasteiger partial charge in [-0.05, 0) is 44.3 Å². The molecule has 2 aliphatic heterocycles. The summed E-state index contributed by atoms with van der Waals surface area (Å²) >= 11 is 1.67. The molecule has 2 saturated heterocycles. The lowest BCUT2D eigenvalue weighted by molar-refractivity contribution is -0.139. The SMILES string of the molecule is CC(C)(C)CC(=O)N1CSCC1C(=O)NCCCN1CCCCC1. The maximum absolute atomic E-state index is 12.4. The molecule has 0 aromatic rings. The van der Waals surface area contributed by atoms with Crippen molar-refractivity contribution in [3.63, 3.8) is 0 Å². The Hall–Kier alpha value is -0.750. The standard InChI is InChI=1S/C18H33N3O2S/c1-18(2,3)12-16(22)21-14-24-13-15(21)17(23)19-8-7-11-20-9-5-4-6-10-20/h15H,4-14H2,1-3H3,(H,19,23). The molecule has 0 spiro atoms. The first-order valence-electron chi connectivity index (χ1n) is 9.24. The van der Waals surface area contributed by atoms with Crippen molar-refractivity contribution < 1.29 is 9.59 Å². The molecule has 0 aliphatic carbocycles. The second-order valence-corrected chi connectivity index (χ2v) is 9.16. The largest absolute Gasteiger partial charge is 0.354 e. The van der Waals surface area contributed by atoms with Crippen molar-refractivity contribution >= 4 is 23.6 Å². The number of nitrogens with one attached hydrogen (secondary N) is 1. The van der Waals surface area contributed by atoms with Crippen LogP contribution in [0.4, 0.5) is 0 Å². The quantitative estimate of drug-likeness (QED) is 0.743. The van der Waals surface area contributed by atoms with E-state index in [4.69, 9.17) is 0 Å².